The lowest BCUT2D eigenvalue weighted by atomic mass is 9.84. The van der Waals surface area contributed by atoms with Gasteiger partial charge in [-0.2, -0.15) is 13.2 Å². The van der Waals surface area contributed by atoms with Gasteiger partial charge < -0.3 is 5.11 Å². The van der Waals surface area contributed by atoms with E-state index in [0.29, 0.717) is 12.8 Å². The molecule has 0 aliphatic heterocycles. The number of aliphatic hydroxyl groups is 1. The summed E-state index contributed by atoms with van der Waals surface area (Å²) >= 11 is 5.72. The van der Waals surface area contributed by atoms with Crippen LogP contribution < -0.4 is 0 Å². The fourth-order valence-corrected chi connectivity index (χ4v) is 2.13. The largest absolute Gasteiger partial charge is 0.414 e. The second kappa shape index (κ2) is 4.05. The standard InChI is InChI=1S/C8H12ClF3O/c9-6-4-2-1-3-5(6)7(13)8(10,11)12/h5-7,13H,1-4H2. The molecule has 1 N–H and O–H groups in total. The Hall–Kier alpha value is 0.0400. The smallest absolute Gasteiger partial charge is 0.383 e. The Morgan fingerprint density at radius 3 is 2.23 bits per heavy atom. The van der Waals surface area contributed by atoms with Crippen LogP contribution >= 0.6 is 11.6 Å². The normalized spacial score (nSPS) is 33.0. The average molecular weight is 217 g/mol. The second-order valence-corrected chi connectivity index (χ2v) is 4.01. The van der Waals surface area contributed by atoms with E-state index in [-0.39, 0.29) is 0 Å². The van der Waals surface area contributed by atoms with Crippen molar-refractivity contribution >= 4 is 11.6 Å². The second-order valence-electron chi connectivity index (χ2n) is 3.45. The maximum absolute atomic E-state index is 12.1. The first-order chi connectivity index (χ1) is 5.93. The van der Waals surface area contributed by atoms with Crippen LogP contribution in [0, 0.1) is 5.92 Å². The minimum absolute atomic E-state index is 0.370. The molecule has 0 spiro atoms. The van der Waals surface area contributed by atoms with E-state index in [0.717, 1.165) is 12.8 Å². The Morgan fingerprint density at radius 2 is 1.77 bits per heavy atom. The number of hydrogen-bond donors (Lipinski definition) is 1. The zero-order chi connectivity index (χ0) is 10.1. The van der Waals surface area contributed by atoms with Crippen LogP contribution in [0.25, 0.3) is 0 Å². The van der Waals surface area contributed by atoms with Crippen LogP contribution in [0.4, 0.5) is 13.2 Å². The van der Waals surface area contributed by atoms with Crippen LogP contribution in [0.15, 0.2) is 0 Å². The summed E-state index contributed by atoms with van der Waals surface area (Å²) in [4.78, 5) is 0. The molecule has 13 heavy (non-hydrogen) atoms. The Bertz CT molecular complexity index is 171. The monoisotopic (exact) mass is 216 g/mol. The van der Waals surface area contributed by atoms with E-state index in [1.165, 1.54) is 0 Å². The van der Waals surface area contributed by atoms with Gasteiger partial charge in [0.05, 0.1) is 0 Å². The zero-order valence-corrected chi connectivity index (χ0v) is 7.78. The van der Waals surface area contributed by atoms with Crippen molar-refractivity contribution in [1.82, 2.24) is 0 Å². The van der Waals surface area contributed by atoms with Crippen LogP contribution in [0.2, 0.25) is 0 Å². The molecule has 1 saturated carbocycles. The summed E-state index contributed by atoms with van der Waals surface area (Å²) in [6, 6.07) is 0. The third-order valence-corrected chi connectivity index (χ3v) is 3.01. The van der Waals surface area contributed by atoms with Gasteiger partial charge in [0.25, 0.3) is 0 Å². The van der Waals surface area contributed by atoms with Crippen LogP contribution in [0.1, 0.15) is 25.7 Å². The minimum atomic E-state index is -4.53. The summed E-state index contributed by atoms with van der Waals surface area (Å²) in [6.45, 7) is 0. The molecule has 3 unspecified atom stereocenters. The lowest BCUT2D eigenvalue weighted by molar-refractivity contribution is -0.221. The highest BCUT2D eigenvalue weighted by Gasteiger charge is 2.46. The molecular weight excluding hydrogens is 205 g/mol. The fraction of sp³-hybridized carbons (Fsp3) is 1.00. The van der Waals surface area contributed by atoms with Gasteiger partial charge in [0, 0.05) is 11.3 Å². The minimum Gasteiger partial charge on any atom is -0.383 e. The summed E-state index contributed by atoms with van der Waals surface area (Å²) in [5.74, 6) is -0.824. The Labute approximate surface area is 79.9 Å². The summed E-state index contributed by atoms with van der Waals surface area (Å²) in [7, 11) is 0. The summed E-state index contributed by atoms with van der Waals surface area (Å²) in [5, 5.41) is 8.43. The van der Waals surface area contributed by atoms with Gasteiger partial charge in [-0.05, 0) is 12.8 Å². The molecule has 3 atom stereocenters. The van der Waals surface area contributed by atoms with Gasteiger partial charge in [-0.3, -0.25) is 0 Å². The topological polar surface area (TPSA) is 20.2 Å². The van der Waals surface area contributed by atoms with Crippen molar-refractivity contribution in [2.75, 3.05) is 0 Å². The van der Waals surface area contributed by atoms with Gasteiger partial charge >= 0.3 is 6.18 Å². The maximum Gasteiger partial charge on any atom is 0.414 e. The van der Waals surface area contributed by atoms with Crippen LogP contribution in [-0.2, 0) is 0 Å². The Morgan fingerprint density at radius 1 is 1.23 bits per heavy atom. The first kappa shape index (κ1) is 11.1. The van der Waals surface area contributed by atoms with Crippen molar-refractivity contribution in [3.8, 4) is 0 Å². The number of halogens is 4. The van der Waals surface area contributed by atoms with E-state index in [9.17, 15) is 13.2 Å². The fourth-order valence-electron chi connectivity index (χ4n) is 1.71. The van der Waals surface area contributed by atoms with E-state index in [1.54, 1.807) is 0 Å². The van der Waals surface area contributed by atoms with Gasteiger partial charge in [0.2, 0.25) is 0 Å². The van der Waals surface area contributed by atoms with E-state index >= 15 is 0 Å². The van der Waals surface area contributed by atoms with Gasteiger partial charge in [0.1, 0.15) is 0 Å². The van der Waals surface area contributed by atoms with Gasteiger partial charge in [-0.15, -0.1) is 11.6 Å². The molecule has 0 heterocycles. The Balaban J connectivity index is 2.58. The third kappa shape index (κ3) is 2.74. The highest BCUT2D eigenvalue weighted by atomic mass is 35.5. The quantitative estimate of drug-likeness (QED) is 0.669. The summed E-state index contributed by atoms with van der Waals surface area (Å²) in [6.07, 6.45) is -4.27. The van der Waals surface area contributed by atoms with Crippen LogP contribution in [0.3, 0.4) is 0 Å². The predicted molar refractivity (Wildman–Crippen MR) is 43.7 cm³/mol. The number of hydrogen-bond acceptors (Lipinski definition) is 1. The van der Waals surface area contributed by atoms with Crippen LogP contribution in [0.5, 0.6) is 0 Å². The number of rotatable bonds is 1. The molecule has 0 aromatic rings. The third-order valence-electron chi connectivity index (χ3n) is 2.47. The molecule has 0 aromatic carbocycles. The zero-order valence-electron chi connectivity index (χ0n) is 7.02. The predicted octanol–water partition coefficient (Wildman–Crippen LogP) is 2.71. The lowest BCUT2D eigenvalue weighted by Crippen LogP contribution is -2.41. The van der Waals surface area contributed by atoms with Crippen molar-refractivity contribution in [3.63, 3.8) is 0 Å². The van der Waals surface area contributed by atoms with Gasteiger partial charge in [-0.1, -0.05) is 12.8 Å². The molecule has 0 amide bonds. The van der Waals surface area contributed by atoms with E-state index in [2.05, 4.69) is 0 Å². The number of aliphatic hydroxyl groups excluding tert-OH is 1. The summed E-state index contributed by atoms with van der Waals surface area (Å²) < 4.78 is 36.3. The SMILES string of the molecule is OC(C1CCCCC1Cl)C(F)(F)F. The van der Waals surface area contributed by atoms with Crippen molar-refractivity contribution in [2.45, 2.75) is 43.3 Å². The van der Waals surface area contributed by atoms with Crippen LogP contribution in [-0.4, -0.2) is 22.8 Å². The molecule has 0 radical (unpaired) electrons. The Kier molecular flexibility index (Phi) is 3.46. The van der Waals surface area contributed by atoms with Crippen molar-refractivity contribution in [3.05, 3.63) is 0 Å². The molecule has 5 heteroatoms. The van der Waals surface area contributed by atoms with Gasteiger partial charge in [0.15, 0.2) is 6.10 Å². The molecular formula is C8H12ClF3O. The highest BCUT2D eigenvalue weighted by molar-refractivity contribution is 6.20. The molecule has 1 fully saturated rings. The summed E-state index contributed by atoms with van der Waals surface area (Å²) in [5.41, 5.74) is 0. The van der Waals surface area contributed by atoms with E-state index < -0.39 is 23.6 Å². The average Bonchev–Trinajstić information content (AvgIpc) is 2.02. The molecule has 1 rings (SSSR count). The van der Waals surface area contributed by atoms with Gasteiger partial charge in [-0.25, -0.2) is 0 Å². The highest BCUT2D eigenvalue weighted by Crippen LogP contribution is 2.37. The molecule has 1 aliphatic carbocycles. The molecule has 1 nitrogen and oxygen atoms in total. The molecule has 0 bridgehead atoms. The first-order valence-corrected chi connectivity index (χ1v) is 4.75. The molecule has 1 aliphatic rings. The molecule has 0 saturated heterocycles. The van der Waals surface area contributed by atoms with E-state index in [1.807, 2.05) is 0 Å². The molecule has 78 valence electrons. The molecule has 0 aromatic heterocycles. The van der Waals surface area contributed by atoms with Crippen molar-refractivity contribution < 1.29 is 18.3 Å². The lowest BCUT2D eigenvalue weighted by Gasteiger charge is -2.31. The first-order valence-electron chi connectivity index (χ1n) is 4.32. The van der Waals surface area contributed by atoms with Crippen molar-refractivity contribution in [1.29, 1.82) is 0 Å². The van der Waals surface area contributed by atoms with Crippen molar-refractivity contribution in [2.24, 2.45) is 5.92 Å². The van der Waals surface area contributed by atoms with E-state index in [4.69, 9.17) is 16.7 Å². The number of alkyl halides is 4. The maximum atomic E-state index is 12.1.